The molecule has 8 heteroatoms. The van der Waals surface area contributed by atoms with Gasteiger partial charge in [-0.3, -0.25) is 9.98 Å². The lowest BCUT2D eigenvalue weighted by molar-refractivity contribution is 0.758. The smallest absolute Gasteiger partial charge is 0.160 e. The zero-order chi connectivity index (χ0) is 39.8. The average molecular weight is 755 g/mol. The zero-order valence-corrected chi connectivity index (χ0v) is 32.8. The third kappa shape index (κ3) is 8.13. The highest BCUT2D eigenvalue weighted by molar-refractivity contribution is 6.10. The minimum absolute atomic E-state index is 0.242. The van der Waals surface area contributed by atoms with Crippen molar-refractivity contribution in [3.05, 3.63) is 170 Å². The lowest BCUT2D eigenvalue weighted by atomic mass is 9.89. The number of hydrogen-bond acceptors (Lipinski definition) is 8. The fraction of sp³-hybridized carbons (Fsp3) is 0.120. The van der Waals surface area contributed by atoms with Gasteiger partial charge in [-0.25, -0.2) is 29.9 Å². The average Bonchev–Trinajstić information content (AvgIpc) is 3.46. The van der Waals surface area contributed by atoms with E-state index in [0.717, 1.165) is 95.7 Å². The van der Waals surface area contributed by atoms with E-state index in [-0.39, 0.29) is 5.92 Å². The first kappa shape index (κ1) is 37.6. The van der Waals surface area contributed by atoms with E-state index >= 15 is 0 Å². The Hall–Kier alpha value is -7.32. The molecule has 1 aliphatic rings. The monoisotopic (exact) mass is 754 g/mol. The summed E-state index contributed by atoms with van der Waals surface area (Å²) >= 11 is 0. The Kier molecular flexibility index (Phi) is 11.2. The third-order valence-corrected chi connectivity index (χ3v) is 10.2. The maximum absolute atomic E-state index is 5.51. The second-order valence-electron chi connectivity index (χ2n) is 14.2. The molecule has 1 atom stereocenters. The first-order valence-corrected chi connectivity index (χ1v) is 19.4. The largest absolute Gasteiger partial charge is 0.293 e. The van der Waals surface area contributed by atoms with Gasteiger partial charge in [0.05, 0.1) is 11.4 Å². The maximum atomic E-state index is 5.51. The van der Waals surface area contributed by atoms with Gasteiger partial charge in [0.1, 0.15) is 12.7 Å². The highest BCUT2D eigenvalue weighted by Gasteiger charge is 2.23. The van der Waals surface area contributed by atoms with Gasteiger partial charge in [-0.1, -0.05) is 92.4 Å². The number of benzene rings is 4. The van der Waals surface area contributed by atoms with Crippen LogP contribution in [0.15, 0.2) is 169 Å². The minimum Gasteiger partial charge on any atom is -0.293 e. The molecule has 0 fully saturated rings. The molecule has 0 spiro atoms. The van der Waals surface area contributed by atoms with E-state index in [1.54, 1.807) is 12.7 Å². The quantitative estimate of drug-likeness (QED) is 0.129. The topological polar surface area (TPSA) is 102 Å². The molecule has 8 nitrogen and oxygen atoms in total. The van der Waals surface area contributed by atoms with Gasteiger partial charge in [-0.15, -0.1) is 0 Å². The second kappa shape index (κ2) is 17.2. The van der Waals surface area contributed by atoms with E-state index in [4.69, 9.17) is 9.97 Å². The van der Waals surface area contributed by atoms with Crippen LogP contribution in [0.25, 0.3) is 78.4 Å². The molecule has 0 saturated carbocycles. The summed E-state index contributed by atoms with van der Waals surface area (Å²) in [5, 5.41) is 0. The molecule has 3 aromatic heterocycles. The molecule has 4 heterocycles. The van der Waals surface area contributed by atoms with Crippen LogP contribution in [0.1, 0.15) is 38.3 Å². The summed E-state index contributed by atoms with van der Waals surface area (Å²) in [7, 11) is 0. The van der Waals surface area contributed by atoms with Gasteiger partial charge in [0.15, 0.2) is 5.82 Å². The van der Waals surface area contributed by atoms with E-state index in [1.807, 2.05) is 57.3 Å². The second-order valence-corrected chi connectivity index (χ2v) is 14.2. The van der Waals surface area contributed by atoms with Gasteiger partial charge >= 0.3 is 0 Å². The predicted molar refractivity (Wildman–Crippen MR) is 238 cm³/mol. The van der Waals surface area contributed by atoms with Crippen LogP contribution in [-0.4, -0.2) is 48.9 Å². The summed E-state index contributed by atoms with van der Waals surface area (Å²) in [6.45, 7) is 11.2. The molecule has 58 heavy (non-hydrogen) atoms. The van der Waals surface area contributed by atoms with Gasteiger partial charge in [0.2, 0.25) is 0 Å². The van der Waals surface area contributed by atoms with Gasteiger partial charge in [0, 0.05) is 83.3 Å². The van der Waals surface area contributed by atoms with Crippen LogP contribution in [0.4, 0.5) is 0 Å². The minimum atomic E-state index is 0.242. The highest BCUT2D eigenvalue weighted by Crippen LogP contribution is 2.42. The number of nitrogens with zero attached hydrogens (tertiary/aromatic N) is 8. The van der Waals surface area contributed by atoms with Crippen molar-refractivity contribution in [3.8, 4) is 67.3 Å². The summed E-state index contributed by atoms with van der Waals surface area (Å²) in [6, 6.07) is 33.8. The summed E-state index contributed by atoms with van der Waals surface area (Å²) in [4.78, 5) is 37.4. The molecular formula is C50H42N8. The summed E-state index contributed by atoms with van der Waals surface area (Å²) in [5.41, 5.74) is 15.3. The Labute approximate surface area is 339 Å². The highest BCUT2D eigenvalue weighted by atomic mass is 14.9. The molecule has 0 saturated heterocycles. The zero-order valence-electron chi connectivity index (χ0n) is 32.8. The molecule has 7 aromatic rings. The van der Waals surface area contributed by atoms with Gasteiger partial charge in [-0.05, 0) is 95.0 Å². The van der Waals surface area contributed by atoms with Crippen LogP contribution >= 0.6 is 0 Å². The van der Waals surface area contributed by atoms with Crippen molar-refractivity contribution in [3.63, 3.8) is 0 Å². The molecule has 1 unspecified atom stereocenters. The third-order valence-electron chi connectivity index (χ3n) is 10.2. The first-order valence-electron chi connectivity index (χ1n) is 19.4. The predicted octanol–water partition coefficient (Wildman–Crippen LogP) is 11.6. The van der Waals surface area contributed by atoms with Crippen LogP contribution in [0, 0.1) is 5.92 Å². The molecule has 0 N–H and O–H groups in total. The molecule has 0 radical (unpaired) electrons. The molecule has 0 amide bonds. The Morgan fingerprint density at radius 2 is 1.21 bits per heavy atom. The Balaban J connectivity index is 1.41. The van der Waals surface area contributed by atoms with Crippen molar-refractivity contribution in [1.82, 2.24) is 29.9 Å². The number of rotatable bonds is 10. The van der Waals surface area contributed by atoms with Crippen LogP contribution < -0.4 is 0 Å². The van der Waals surface area contributed by atoms with Crippen LogP contribution in [0.3, 0.4) is 0 Å². The molecule has 1 aliphatic heterocycles. The van der Waals surface area contributed by atoms with Crippen molar-refractivity contribution < 1.29 is 0 Å². The van der Waals surface area contributed by atoms with E-state index < -0.39 is 0 Å². The first-order chi connectivity index (χ1) is 28.5. The van der Waals surface area contributed by atoms with Gasteiger partial charge < -0.3 is 0 Å². The van der Waals surface area contributed by atoms with E-state index in [0.29, 0.717) is 12.4 Å². The van der Waals surface area contributed by atoms with Crippen molar-refractivity contribution >= 4 is 23.6 Å². The van der Waals surface area contributed by atoms with Gasteiger partial charge in [0.25, 0.3) is 0 Å². The molecular weight excluding hydrogens is 713 g/mol. The van der Waals surface area contributed by atoms with Crippen molar-refractivity contribution in [1.29, 1.82) is 0 Å². The SMILES string of the molecule is C=C1C=NC=C(c2cccc(-c3nc(-c4cccc(/C(C=NCC)=C/C)c4)c(-c4cccc(-c5cncnc5)c4)c(-c4cccc(-c5cncnc5)c4)n3)c2)C(C)C1. The van der Waals surface area contributed by atoms with E-state index in [1.165, 1.54) is 0 Å². The van der Waals surface area contributed by atoms with Gasteiger partial charge in [-0.2, -0.15) is 0 Å². The maximum Gasteiger partial charge on any atom is 0.160 e. The summed E-state index contributed by atoms with van der Waals surface area (Å²) < 4.78 is 0. The standard InChI is InChI=1S/C50H42N8/c1-5-35(25-51-6-2)36-11-8-16-41(21-36)48-47(40-15-7-12-37(20-40)44-26-53-31-54-27-44)49(42-17-9-13-38(22-42)45-28-55-32-56-29-45)58-50(57-48)43-18-10-14-39(23-43)46-30-52-24-33(3)19-34(46)4/h5,7-18,20-32,34H,3,6,19H2,1-2,4H3/b35-5+,51-25?. The molecule has 0 aliphatic carbocycles. The summed E-state index contributed by atoms with van der Waals surface area (Å²) in [5.74, 6) is 0.849. The number of hydrogen-bond donors (Lipinski definition) is 0. The van der Waals surface area contributed by atoms with Crippen LogP contribution in [-0.2, 0) is 0 Å². The number of aromatic nitrogens is 6. The van der Waals surface area contributed by atoms with E-state index in [2.05, 4.69) is 147 Å². The van der Waals surface area contributed by atoms with Crippen LogP contribution in [0.5, 0.6) is 0 Å². The Morgan fingerprint density at radius 3 is 1.84 bits per heavy atom. The molecule has 0 bridgehead atoms. The number of aliphatic imine (C=N–C) groups is 2. The molecule has 8 rings (SSSR count). The normalized spacial score (nSPS) is 14.4. The lowest BCUT2D eigenvalue weighted by Crippen LogP contribution is -2.03. The Bertz CT molecular complexity index is 2730. The fourth-order valence-corrected chi connectivity index (χ4v) is 7.33. The fourth-order valence-electron chi connectivity index (χ4n) is 7.33. The summed E-state index contributed by atoms with van der Waals surface area (Å²) in [6.07, 6.45) is 19.1. The van der Waals surface area contributed by atoms with Crippen LogP contribution in [0.2, 0.25) is 0 Å². The van der Waals surface area contributed by atoms with Crippen molar-refractivity contribution in [2.45, 2.75) is 27.2 Å². The number of allylic oxidation sites excluding steroid dienone is 4. The molecule has 282 valence electrons. The lowest BCUT2D eigenvalue weighted by Gasteiger charge is -2.19. The van der Waals surface area contributed by atoms with Crippen molar-refractivity contribution in [2.24, 2.45) is 15.9 Å². The Morgan fingerprint density at radius 1 is 0.672 bits per heavy atom. The van der Waals surface area contributed by atoms with E-state index in [9.17, 15) is 0 Å². The molecule has 4 aromatic carbocycles. The van der Waals surface area contributed by atoms with Crippen molar-refractivity contribution in [2.75, 3.05) is 6.54 Å².